The number of nitrogens with one attached hydrogen (secondary N) is 2. The molecule has 128 valence electrons. The van der Waals surface area contributed by atoms with Gasteiger partial charge in [0.15, 0.2) is 0 Å². The lowest BCUT2D eigenvalue weighted by Gasteiger charge is -2.17. The second-order valence-corrected chi connectivity index (χ2v) is 7.05. The first-order valence-corrected chi connectivity index (χ1v) is 9.10. The highest BCUT2D eigenvalue weighted by atomic mass is 35.5. The van der Waals surface area contributed by atoms with E-state index in [-0.39, 0.29) is 5.56 Å². The Balaban J connectivity index is 1.75. The molecule has 1 aromatic carbocycles. The molecule has 3 rings (SSSR count). The van der Waals surface area contributed by atoms with Crippen LogP contribution in [0, 0.1) is 6.92 Å². The fraction of sp³-hybridized carbons (Fsp3) is 0.474. The molecular weight excluding hydrogens is 322 g/mol. The maximum atomic E-state index is 12.5. The molecule has 1 aliphatic carbocycles. The zero-order chi connectivity index (χ0) is 16.9. The molecule has 2 aromatic rings. The van der Waals surface area contributed by atoms with Gasteiger partial charge in [0.1, 0.15) is 0 Å². The number of benzene rings is 1. The van der Waals surface area contributed by atoms with Crippen molar-refractivity contribution in [2.75, 3.05) is 5.32 Å². The third-order valence-corrected chi connectivity index (χ3v) is 4.96. The minimum atomic E-state index is -0.0615. The minimum Gasteiger partial charge on any atom is -0.353 e. The van der Waals surface area contributed by atoms with Crippen LogP contribution in [0.5, 0.6) is 0 Å². The quantitative estimate of drug-likeness (QED) is 0.804. The summed E-state index contributed by atoms with van der Waals surface area (Å²) < 4.78 is 0. The molecular formula is C19H24ClN3O. The molecule has 0 bridgehead atoms. The average Bonchev–Trinajstić information content (AvgIpc) is 2.81. The molecule has 0 spiro atoms. The Bertz CT molecular complexity index is 731. The summed E-state index contributed by atoms with van der Waals surface area (Å²) in [4.78, 5) is 20.0. The summed E-state index contributed by atoms with van der Waals surface area (Å²) in [6, 6.07) is 7.99. The summed E-state index contributed by atoms with van der Waals surface area (Å²) in [5, 5.41) is 4.12. The third kappa shape index (κ3) is 4.38. The number of nitrogens with zero attached hydrogens (tertiary/aromatic N) is 1. The van der Waals surface area contributed by atoms with Gasteiger partial charge in [0.05, 0.1) is 5.69 Å². The first-order chi connectivity index (χ1) is 11.6. The Morgan fingerprint density at radius 3 is 2.46 bits per heavy atom. The van der Waals surface area contributed by atoms with Crippen molar-refractivity contribution in [1.29, 1.82) is 0 Å². The average molecular weight is 346 g/mol. The van der Waals surface area contributed by atoms with Crippen molar-refractivity contribution >= 4 is 17.5 Å². The maximum absolute atomic E-state index is 12.5. The number of halogens is 1. The highest BCUT2D eigenvalue weighted by Crippen LogP contribution is 2.20. The maximum Gasteiger partial charge on any atom is 0.256 e. The molecule has 1 fully saturated rings. The standard InChI is InChI=1S/C19H24ClN3O/c1-13-17(12-14-8-10-15(20)11-9-14)18(24)23-19(21-13)22-16-6-4-2-3-5-7-16/h8-11,16H,2-7,12H2,1H3,(H2,21,22,23,24). The van der Waals surface area contributed by atoms with Crippen molar-refractivity contribution in [2.45, 2.75) is 57.9 Å². The topological polar surface area (TPSA) is 57.8 Å². The lowest BCUT2D eigenvalue weighted by molar-refractivity contribution is 0.614. The van der Waals surface area contributed by atoms with Gasteiger partial charge in [-0.25, -0.2) is 4.98 Å². The summed E-state index contributed by atoms with van der Waals surface area (Å²) in [6.45, 7) is 1.90. The SMILES string of the molecule is Cc1nc(NC2CCCCCC2)[nH]c(=O)c1Cc1ccc(Cl)cc1. The number of aromatic amines is 1. The lowest BCUT2D eigenvalue weighted by atomic mass is 10.1. The van der Waals surface area contributed by atoms with Crippen LogP contribution in [-0.4, -0.2) is 16.0 Å². The van der Waals surface area contributed by atoms with Crippen LogP contribution in [0.3, 0.4) is 0 Å². The third-order valence-electron chi connectivity index (χ3n) is 4.71. The monoisotopic (exact) mass is 345 g/mol. The van der Waals surface area contributed by atoms with Crippen LogP contribution < -0.4 is 10.9 Å². The van der Waals surface area contributed by atoms with E-state index >= 15 is 0 Å². The Morgan fingerprint density at radius 2 is 1.83 bits per heavy atom. The van der Waals surface area contributed by atoms with Gasteiger partial charge >= 0.3 is 0 Å². The Labute approximate surface area is 147 Å². The van der Waals surface area contributed by atoms with Crippen LogP contribution in [0.1, 0.15) is 55.3 Å². The van der Waals surface area contributed by atoms with E-state index < -0.39 is 0 Å². The Hall–Kier alpha value is -1.81. The predicted molar refractivity (Wildman–Crippen MR) is 99.0 cm³/mol. The van der Waals surface area contributed by atoms with E-state index in [1.165, 1.54) is 25.7 Å². The van der Waals surface area contributed by atoms with Gasteiger partial charge in [0, 0.05) is 23.0 Å². The lowest BCUT2D eigenvalue weighted by Crippen LogP contribution is -2.25. The van der Waals surface area contributed by atoms with Crippen LogP contribution in [0.4, 0.5) is 5.95 Å². The van der Waals surface area contributed by atoms with Crippen molar-refractivity contribution in [1.82, 2.24) is 9.97 Å². The molecule has 0 unspecified atom stereocenters. The van der Waals surface area contributed by atoms with Crippen LogP contribution in [-0.2, 0) is 6.42 Å². The second-order valence-electron chi connectivity index (χ2n) is 6.61. The number of anilines is 1. The normalized spacial score (nSPS) is 15.9. The molecule has 4 nitrogen and oxygen atoms in total. The number of aromatic nitrogens is 2. The second kappa shape index (κ2) is 7.84. The highest BCUT2D eigenvalue weighted by Gasteiger charge is 2.15. The zero-order valence-electron chi connectivity index (χ0n) is 14.1. The van der Waals surface area contributed by atoms with E-state index in [1.54, 1.807) is 0 Å². The largest absolute Gasteiger partial charge is 0.353 e. The van der Waals surface area contributed by atoms with Crippen LogP contribution >= 0.6 is 11.6 Å². The molecule has 2 N–H and O–H groups in total. The van der Waals surface area contributed by atoms with E-state index in [1.807, 2.05) is 31.2 Å². The van der Waals surface area contributed by atoms with E-state index in [2.05, 4.69) is 15.3 Å². The van der Waals surface area contributed by atoms with E-state index in [0.717, 1.165) is 24.1 Å². The summed E-state index contributed by atoms with van der Waals surface area (Å²) in [7, 11) is 0. The van der Waals surface area contributed by atoms with E-state index in [0.29, 0.717) is 29.0 Å². The Morgan fingerprint density at radius 1 is 1.17 bits per heavy atom. The molecule has 24 heavy (non-hydrogen) atoms. The number of H-pyrrole nitrogens is 1. The van der Waals surface area contributed by atoms with Crippen molar-refractivity contribution in [3.63, 3.8) is 0 Å². The molecule has 1 saturated carbocycles. The molecule has 0 amide bonds. The molecule has 1 aromatic heterocycles. The van der Waals surface area contributed by atoms with Crippen LogP contribution in [0.2, 0.25) is 5.02 Å². The van der Waals surface area contributed by atoms with Gasteiger partial charge in [-0.05, 0) is 37.5 Å². The molecule has 0 aliphatic heterocycles. The van der Waals surface area contributed by atoms with Crippen LogP contribution in [0.25, 0.3) is 0 Å². The van der Waals surface area contributed by atoms with E-state index in [9.17, 15) is 4.79 Å². The van der Waals surface area contributed by atoms with Crippen molar-refractivity contribution in [2.24, 2.45) is 0 Å². The molecule has 0 atom stereocenters. The van der Waals surface area contributed by atoms with Gasteiger partial charge in [0.25, 0.3) is 5.56 Å². The fourth-order valence-electron chi connectivity index (χ4n) is 3.31. The molecule has 0 saturated heterocycles. The van der Waals surface area contributed by atoms with Crippen LogP contribution in [0.15, 0.2) is 29.1 Å². The minimum absolute atomic E-state index is 0.0615. The number of aryl methyl sites for hydroxylation is 1. The molecule has 1 aliphatic rings. The van der Waals surface area contributed by atoms with Gasteiger partial charge < -0.3 is 5.32 Å². The summed E-state index contributed by atoms with van der Waals surface area (Å²) in [5.74, 6) is 0.601. The first kappa shape index (κ1) is 17.0. The summed E-state index contributed by atoms with van der Waals surface area (Å²) >= 11 is 5.91. The number of rotatable bonds is 4. The van der Waals surface area contributed by atoms with Crippen molar-refractivity contribution in [3.05, 3.63) is 56.5 Å². The smallest absolute Gasteiger partial charge is 0.256 e. The first-order valence-electron chi connectivity index (χ1n) is 8.72. The number of hydrogen-bond donors (Lipinski definition) is 2. The highest BCUT2D eigenvalue weighted by molar-refractivity contribution is 6.30. The fourth-order valence-corrected chi connectivity index (χ4v) is 3.44. The molecule has 0 radical (unpaired) electrons. The number of hydrogen-bond acceptors (Lipinski definition) is 3. The van der Waals surface area contributed by atoms with Gasteiger partial charge in [-0.15, -0.1) is 0 Å². The predicted octanol–water partition coefficient (Wildman–Crippen LogP) is 4.46. The zero-order valence-corrected chi connectivity index (χ0v) is 14.8. The summed E-state index contributed by atoms with van der Waals surface area (Å²) in [5.41, 5.74) is 2.49. The van der Waals surface area contributed by atoms with Gasteiger partial charge in [0.2, 0.25) is 5.95 Å². The summed E-state index contributed by atoms with van der Waals surface area (Å²) in [6.07, 6.45) is 7.97. The van der Waals surface area contributed by atoms with Gasteiger partial charge in [-0.1, -0.05) is 49.4 Å². The van der Waals surface area contributed by atoms with Crippen molar-refractivity contribution in [3.8, 4) is 0 Å². The van der Waals surface area contributed by atoms with Crippen molar-refractivity contribution < 1.29 is 0 Å². The van der Waals surface area contributed by atoms with Gasteiger partial charge in [-0.2, -0.15) is 0 Å². The molecule has 1 heterocycles. The van der Waals surface area contributed by atoms with E-state index in [4.69, 9.17) is 11.6 Å². The Kier molecular flexibility index (Phi) is 5.56. The molecule has 5 heteroatoms. The van der Waals surface area contributed by atoms with Gasteiger partial charge in [-0.3, -0.25) is 9.78 Å².